The van der Waals surface area contributed by atoms with Crippen molar-refractivity contribution < 1.29 is 19.0 Å². The fraction of sp³-hybridized carbons (Fsp3) is 0.455. The van der Waals surface area contributed by atoms with Gasteiger partial charge in [0.1, 0.15) is 5.75 Å². The Kier molecular flexibility index (Phi) is 6.30. The first-order valence-corrected chi connectivity index (χ1v) is 10.8. The number of hydrogen-bond acceptors (Lipinski definition) is 5. The van der Waals surface area contributed by atoms with Crippen molar-refractivity contribution in [2.75, 3.05) is 27.4 Å². The van der Waals surface area contributed by atoms with E-state index in [-0.39, 0.29) is 30.2 Å². The van der Waals surface area contributed by atoms with Gasteiger partial charge in [-0.1, -0.05) is 23.2 Å². The molecule has 1 amide bonds. The number of aryl methyl sites for hydroxylation is 1. The second kappa shape index (κ2) is 8.82. The quantitative estimate of drug-likeness (QED) is 0.705. The lowest BCUT2D eigenvalue weighted by atomic mass is 9.90. The van der Waals surface area contributed by atoms with Crippen molar-refractivity contribution in [2.45, 2.75) is 32.6 Å². The van der Waals surface area contributed by atoms with E-state index in [2.05, 4.69) is 4.98 Å². The predicted octanol–water partition coefficient (Wildman–Crippen LogP) is 3.36. The van der Waals surface area contributed by atoms with Crippen LogP contribution in [-0.4, -0.2) is 49.5 Å². The lowest BCUT2D eigenvalue weighted by Crippen LogP contribution is -2.42. The minimum atomic E-state index is -0.279. The highest BCUT2D eigenvalue weighted by atomic mass is 35.5. The van der Waals surface area contributed by atoms with Gasteiger partial charge in [0, 0.05) is 30.3 Å². The molecule has 2 aliphatic heterocycles. The summed E-state index contributed by atoms with van der Waals surface area (Å²) in [5.41, 5.74) is 2.76. The third-order valence-corrected chi connectivity index (χ3v) is 6.67. The molecule has 2 aliphatic rings. The van der Waals surface area contributed by atoms with Gasteiger partial charge < -0.3 is 24.1 Å². The molecule has 7 nitrogen and oxygen atoms in total. The molecular weight excluding hydrogens is 443 g/mol. The van der Waals surface area contributed by atoms with Gasteiger partial charge in [0.05, 0.1) is 36.4 Å². The highest BCUT2D eigenvalue weighted by Crippen LogP contribution is 2.38. The number of methoxy groups -OCH3 is 2. The molecule has 1 saturated heterocycles. The molecule has 166 valence electrons. The summed E-state index contributed by atoms with van der Waals surface area (Å²) in [6.07, 6.45) is 0.876. The van der Waals surface area contributed by atoms with E-state index in [1.807, 2.05) is 6.07 Å². The summed E-state index contributed by atoms with van der Waals surface area (Å²) in [5, 5.41) is 0.933. The predicted molar refractivity (Wildman–Crippen MR) is 117 cm³/mol. The second-order valence-electron chi connectivity index (χ2n) is 7.89. The van der Waals surface area contributed by atoms with Gasteiger partial charge in [-0.3, -0.25) is 9.59 Å². The van der Waals surface area contributed by atoms with Crippen LogP contribution in [0, 0.1) is 12.8 Å². The molecule has 31 heavy (non-hydrogen) atoms. The third-order valence-electron chi connectivity index (χ3n) is 5.90. The molecule has 0 bridgehead atoms. The summed E-state index contributed by atoms with van der Waals surface area (Å²) in [5.74, 6) is 0.361. The lowest BCUT2D eigenvalue weighted by molar-refractivity contribution is -0.246. The molecule has 2 atom stereocenters. The molecule has 4 rings (SSSR count). The number of nitrogens with one attached hydrogen (secondary N) is 1. The van der Waals surface area contributed by atoms with Crippen molar-refractivity contribution in [3.63, 3.8) is 0 Å². The Balaban J connectivity index is 1.65. The van der Waals surface area contributed by atoms with E-state index in [4.69, 9.17) is 37.4 Å². The number of aromatic amines is 1. The number of carbonyl (C=O) groups is 1. The van der Waals surface area contributed by atoms with Crippen LogP contribution in [0.4, 0.5) is 0 Å². The summed E-state index contributed by atoms with van der Waals surface area (Å²) in [7, 11) is 3.10. The van der Waals surface area contributed by atoms with Crippen LogP contribution in [0.5, 0.6) is 5.75 Å². The Morgan fingerprint density at radius 1 is 1.26 bits per heavy atom. The number of carbonyl (C=O) groups excluding carboxylic acids is 1. The van der Waals surface area contributed by atoms with Gasteiger partial charge in [-0.2, -0.15) is 0 Å². The number of fused-ring (bicyclic) bond motifs is 1. The Morgan fingerprint density at radius 3 is 2.68 bits per heavy atom. The first kappa shape index (κ1) is 22.1. The third kappa shape index (κ3) is 4.07. The van der Waals surface area contributed by atoms with Crippen LogP contribution < -0.4 is 10.3 Å². The highest BCUT2D eigenvalue weighted by molar-refractivity contribution is 6.37. The number of halogens is 2. The molecule has 0 saturated carbocycles. The van der Waals surface area contributed by atoms with Crippen LogP contribution in [-0.2, 0) is 28.9 Å². The summed E-state index contributed by atoms with van der Waals surface area (Å²) >= 11 is 13.2. The van der Waals surface area contributed by atoms with E-state index < -0.39 is 0 Å². The largest absolute Gasteiger partial charge is 0.496 e. The second-order valence-corrected chi connectivity index (χ2v) is 8.68. The smallest absolute Gasteiger partial charge is 0.256 e. The van der Waals surface area contributed by atoms with Crippen LogP contribution >= 0.6 is 23.2 Å². The van der Waals surface area contributed by atoms with Crippen LogP contribution in [0.3, 0.4) is 0 Å². The topological polar surface area (TPSA) is 80.9 Å². The Morgan fingerprint density at radius 2 is 2.03 bits per heavy atom. The first-order chi connectivity index (χ1) is 14.8. The Bertz CT molecular complexity index is 1080. The number of benzene rings is 1. The highest BCUT2D eigenvalue weighted by Gasteiger charge is 2.35. The minimum Gasteiger partial charge on any atom is -0.496 e. The maximum atomic E-state index is 13.4. The minimum absolute atomic E-state index is 0.122. The van der Waals surface area contributed by atoms with Gasteiger partial charge in [-0.05, 0) is 43.0 Å². The normalized spacial score (nSPS) is 20.4. The molecule has 3 heterocycles. The molecule has 0 spiro atoms. The summed E-state index contributed by atoms with van der Waals surface area (Å²) in [6.45, 7) is 2.90. The summed E-state index contributed by atoms with van der Waals surface area (Å²) in [6, 6.07) is 3.58. The van der Waals surface area contributed by atoms with E-state index in [0.717, 1.165) is 11.1 Å². The van der Waals surface area contributed by atoms with Gasteiger partial charge >= 0.3 is 0 Å². The van der Waals surface area contributed by atoms with Crippen LogP contribution in [0.2, 0.25) is 10.0 Å². The van der Waals surface area contributed by atoms with Crippen LogP contribution in [0.15, 0.2) is 16.9 Å². The maximum Gasteiger partial charge on any atom is 0.256 e. The number of pyridine rings is 1. The van der Waals surface area contributed by atoms with Crippen molar-refractivity contribution in [2.24, 2.45) is 5.92 Å². The zero-order valence-corrected chi connectivity index (χ0v) is 19.1. The number of nitrogens with zero attached hydrogens (tertiary/aromatic N) is 1. The maximum absolute atomic E-state index is 13.4. The monoisotopic (exact) mass is 466 g/mol. The summed E-state index contributed by atoms with van der Waals surface area (Å²) in [4.78, 5) is 30.3. The average Bonchev–Trinajstić information content (AvgIpc) is 2.71. The van der Waals surface area contributed by atoms with E-state index in [1.165, 1.54) is 7.11 Å². The molecule has 0 radical (unpaired) electrons. The van der Waals surface area contributed by atoms with Gasteiger partial charge in [0.2, 0.25) is 0 Å². The van der Waals surface area contributed by atoms with Gasteiger partial charge in [0.15, 0.2) is 6.29 Å². The molecule has 1 aromatic heterocycles. The number of ether oxygens (including phenoxy) is 3. The van der Waals surface area contributed by atoms with E-state index in [1.54, 1.807) is 25.0 Å². The molecule has 2 aromatic rings. The zero-order valence-electron chi connectivity index (χ0n) is 17.6. The van der Waals surface area contributed by atoms with Crippen LogP contribution in [0.1, 0.15) is 32.7 Å². The standard InChI is InChI=1S/C22H24Cl2N2O5/c1-11-6-17(29-2)15(20(27)25-11)9-26-5-4-14-16(23)8-12(19(24)18(14)21(26)28)7-13-10-31-22(13)30-3/h6,8,13,22H,4-5,7,9-10H2,1-3H3,(H,25,27)/t13?,22-/m1/s1. The molecule has 1 unspecified atom stereocenters. The van der Waals surface area contributed by atoms with E-state index >= 15 is 0 Å². The molecule has 9 heteroatoms. The molecule has 0 aliphatic carbocycles. The SMILES string of the molecule is COc1cc(C)[nH]c(=O)c1CN1CCc2c(Cl)cc(CC3CO[C@H]3OC)c(Cl)c2C1=O. The summed E-state index contributed by atoms with van der Waals surface area (Å²) < 4.78 is 16.0. The van der Waals surface area contributed by atoms with Gasteiger partial charge in [-0.15, -0.1) is 0 Å². The number of rotatable bonds is 6. The van der Waals surface area contributed by atoms with Gasteiger partial charge in [0.25, 0.3) is 11.5 Å². The first-order valence-electron chi connectivity index (χ1n) is 10.0. The van der Waals surface area contributed by atoms with Crippen molar-refractivity contribution >= 4 is 29.1 Å². The fourth-order valence-electron chi connectivity index (χ4n) is 4.21. The molecule has 1 aromatic carbocycles. The van der Waals surface area contributed by atoms with Crippen molar-refractivity contribution in [1.29, 1.82) is 0 Å². The van der Waals surface area contributed by atoms with E-state index in [0.29, 0.717) is 58.6 Å². The van der Waals surface area contributed by atoms with E-state index in [9.17, 15) is 9.59 Å². The molecule has 1 N–H and O–H groups in total. The fourth-order valence-corrected chi connectivity index (χ4v) is 4.85. The average molecular weight is 467 g/mol. The number of amides is 1. The Labute approximate surface area is 190 Å². The lowest BCUT2D eigenvalue weighted by Gasteiger charge is -2.36. The zero-order chi connectivity index (χ0) is 22.3. The molecule has 1 fully saturated rings. The molecular formula is C22H24Cl2N2O5. The van der Waals surface area contributed by atoms with Crippen molar-refractivity contribution in [3.8, 4) is 5.75 Å². The van der Waals surface area contributed by atoms with Gasteiger partial charge in [-0.25, -0.2) is 0 Å². The number of aromatic nitrogens is 1. The Hall–Kier alpha value is -2.06. The number of hydrogen-bond donors (Lipinski definition) is 1. The van der Waals surface area contributed by atoms with Crippen molar-refractivity contribution in [1.82, 2.24) is 9.88 Å². The van der Waals surface area contributed by atoms with Crippen LogP contribution in [0.25, 0.3) is 0 Å². The van der Waals surface area contributed by atoms with Crippen molar-refractivity contribution in [3.05, 3.63) is 60.5 Å². The number of H-pyrrole nitrogens is 1.